The van der Waals surface area contributed by atoms with Crippen molar-refractivity contribution in [3.63, 3.8) is 0 Å². The maximum Gasteiger partial charge on any atom is 0.321 e. The quantitative estimate of drug-likeness (QED) is 0.760. The predicted molar refractivity (Wildman–Crippen MR) is 68.5 cm³/mol. The van der Waals surface area contributed by atoms with Gasteiger partial charge in [0.2, 0.25) is 10.0 Å². The van der Waals surface area contributed by atoms with Crippen LogP contribution in [0.25, 0.3) is 0 Å². The van der Waals surface area contributed by atoms with Gasteiger partial charge in [-0.25, -0.2) is 8.42 Å². The Bertz CT molecular complexity index is 594. The van der Waals surface area contributed by atoms with Crippen LogP contribution in [0.15, 0.2) is 29.2 Å². The lowest BCUT2D eigenvalue weighted by atomic mass is 10.1. The van der Waals surface area contributed by atoms with E-state index < -0.39 is 22.0 Å². The highest BCUT2D eigenvalue weighted by molar-refractivity contribution is 7.89. The Morgan fingerprint density at radius 1 is 1.37 bits per heavy atom. The minimum absolute atomic E-state index is 0.125. The fourth-order valence-corrected chi connectivity index (χ4v) is 2.63. The molecule has 1 atom stereocenters. The summed E-state index contributed by atoms with van der Waals surface area (Å²) in [6, 6.07) is 4.27. The van der Waals surface area contributed by atoms with E-state index in [1.165, 1.54) is 31.2 Å². The molecule has 104 valence electrons. The number of hydrogen-bond acceptors (Lipinski definition) is 4. The van der Waals surface area contributed by atoms with Crippen molar-refractivity contribution in [3.05, 3.63) is 29.8 Å². The van der Waals surface area contributed by atoms with Gasteiger partial charge in [-0.3, -0.25) is 9.59 Å². The summed E-state index contributed by atoms with van der Waals surface area (Å²) < 4.78 is 25.9. The SMILES string of the molecule is CCC(=O)c1cccc(S(=O)(=O)N[C@H](C)C(=O)O)c1. The first kappa shape index (κ1) is 15.3. The van der Waals surface area contributed by atoms with Crippen molar-refractivity contribution < 1.29 is 23.1 Å². The minimum Gasteiger partial charge on any atom is -0.480 e. The van der Waals surface area contributed by atoms with Crippen LogP contribution < -0.4 is 4.72 Å². The summed E-state index contributed by atoms with van der Waals surface area (Å²) in [5.74, 6) is -1.45. The second kappa shape index (κ2) is 5.94. The number of nitrogens with one attached hydrogen (secondary N) is 1. The van der Waals surface area contributed by atoms with Gasteiger partial charge in [0.15, 0.2) is 5.78 Å². The van der Waals surface area contributed by atoms with E-state index in [0.29, 0.717) is 0 Å². The van der Waals surface area contributed by atoms with Crippen molar-refractivity contribution in [1.82, 2.24) is 4.72 Å². The van der Waals surface area contributed by atoms with Gasteiger partial charge in [-0.2, -0.15) is 4.72 Å². The molecule has 0 saturated carbocycles. The molecule has 0 aromatic heterocycles. The molecule has 2 N–H and O–H groups in total. The van der Waals surface area contributed by atoms with Crippen LogP contribution in [0, 0.1) is 0 Å². The zero-order chi connectivity index (χ0) is 14.6. The number of carbonyl (C=O) groups excluding carboxylic acids is 1. The summed E-state index contributed by atoms with van der Waals surface area (Å²) >= 11 is 0. The van der Waals surface area contributed by atoms with E-state index in [9.17, 15) is 18.0 Å². The average Bonchev–Trinajstić information content (AvgIpc) is 2.37. The van der Waals surface area contributed by atoms with E-state index in [0.717, 1.165) is 0 Å². The molecule has 0 aliphatic carbocycles. The Balaban J connectivity index is 3.08. The van der Waals surface area contributed by atoms with Crippen molar-refractivity contribution in [1.29, 1.82) is 0 Å². The Labute approximate surface area is 111 Å². The van der Waals surface area contributed by atoms with Gasteiger partial charge in [0.05, 0.1) is 4.90 Å². The van der Waals surface area contributed by atoms with Crippen LogP contribution in [0.5, 0.6) is 0 Å². The van der Waals surface area contributed by atoms with E-state index in [1.54, 1.807) is 6.92 Å². The summed E-state index contributed by atoms with van der Waals surface area (Å²) in [5.41, 5.74) is 0.286. The Hall–Kier alpha value is -1.73. The number of benzene rings is 1. The highest BCUT2D eigenvalue weighted by Gasteiger charge is 2.22. The summed E-state index contributed by atoms with van der Waals surface area (Å²) in [5, 5.41) is 8.69. The lowest BCUT2D eigenvalue weighted by Gasteiger charge is -2.10. The highest BCUT2D eigenvalue weighted by atomic mass is 32.2. The van der Waals surface area contributed by atoms with Gasteiger partial charge in [0, 0.05) is 12.0 Å². The van der Waals surface area contributed by atoms with E-state index >= 15 is 0 Å². The summed E-state index contributed by atoms with van der Waals surface area (Å²) in [7, 11) is -3.95. The minimum atomic E-state index is -3.95. The van der Waals surface area contributed by atoms with Crippen LogP contribution >= 0.6 is 0 Å². The third-order valence-electron chi connectivity index (χ3n) is 2.49. The fraction of sp³-hybridized carbons (Fsp3) is 0.333. The molecule has 0 amide bonds. The Morgan fingerprint density at radius 2 is 2.00 bits per heavy atom. The number of ketones is 1. The topological polar surface area (TPSA) is 101 Å². The van der Waals surface area contributed by atoms with Crippen molar-refractivity contribution in [3.8, 4) is 0 Å². The van der Waals surface area contributed by atoms with Crippen LogP contribution in [0.1, 0.15) is 30.6 Å². The number of hydrogen-bond donors (Lipinski definition) is 2. The summed E-state index contributed by atoms with van der Waals surface area (Å²) in [6.07, 6.45) is 0.266. The van der Waals surface area contributed by atoms with Gasteiger partial charge in [0.1, 0.15) is 6.04 Å². The molecule has 0 spiro atoms. The Kier molecular flexibility index (Phi) is 4.79. The third-order valence-corrected chi connectivity index (χ3v) is 4.03. The second-order valence-corrected chi connectivity index (χ2v) is 5.70. The van der Waals surface area contributed by atoms with Crippen LogP contribution in [0.4, 0.5) is 0 Å². The molecule has 0 aliphatic heterocycles. The summed E-state index contributed by atoms with van der Waals surface area (Å²) in [6.45, 7) is 2.90. The van der Waals surface area contributed by atoms with Crippen LogP contribution in [-0.2, 0) is 14.8 Å². The van der Waals surface area contributed by atoms with Gasteiger partial charge in [-0.15, -0.1) is 0 Å². The number of carboxylic acids is 1. The molecular weight excluding hydrogens is 270 g/mol. The first-order valence-electron chi connectivity index (χ1n) is 5.66. The van der Waals surface area contributed by atoms with Crippen molar-refractivity contribution in [2.45, 2.75) is 31.2 Å². The smallest absolute Gasteiger partial charge is 0.321 e. The maximum atomic E-state index is 11.9. The highest BCUT2D eigenvalue weighted by Crippen LogP contribution is 2.13. The number of sulfonamides is 1. The number of rotatable bonds is 6. The first-order valence-corrected chi connectivity index (χ1v) is 7.14. The second-order valence-electron chi connectivity index (χ2n) is 3.99. The van der Waals surface area contributed by atoms with Crippen LogP contribution in [0.3, 0.4) is 0 Å². The summed E-state index contributed by atoms with van der Waals surface area (Å²) in [4.78, 5) is 22.0. The van der Waals surface area contributed by atoms with Crippen molar-refractivity contribution >= 4 is 21.8 Å². The number of Topliss-reactive ketones (excluding diaryl/α,β-unsaturated/α-hetero) is 1. The van der Waals surface area contributed by atoms with E-state index in [2.05, 4.69) is 0 Å². The van der Waals surface area contributed by atoms with Gasteiger partial charge in [-0.1, -0.05) is 19.1 Å². The molecular formula is C12H15NO5S. The fourth-order valence-electron chi connectivity index (χ4n) is 1.39. The zero-order valence-corrected chi connectivity index (χ0v) is 11.4. The van der Waals surface area contributed by atoms with Gasteiger partial charge in [-0.05, 0) is 19.1 Å². The molecule has 0 aliphatic rings. The largest absolute Gasteiger partial charge is 0.480 e. The molecule has 0 radical (unpaired) electrons. The van der Waals surface area contributed by atoms with Crippen molar-refractivity contribution in [2.75, 3.05) is 0 Å². The van der Waals surface area contributed by atoms with Gasteiger partial charge in [0.25, 0.3) is 0 Å². The van der Waals surface area contributed by atoms with Crippen LogP contribution in [-0.4, -0.2) is 31.3 Å². The lowest BCUT2D eigenvalue weighted by molar-refractivity contribution is -0.138. The zero-order valence-electron chi connectivity index (χ0n) is 10.6. The molecule has 6 nitrogen and oxygen atoms in total. The lowest BCUT2D eigenvalue weighted by Crippen LogP contribution is -2.38. The maximum absolute atomic E-state index is 11.9. The number of aliphatic carboxylic acids is 1. The molecule has 0 unspecified atom stereocenters. The molecule has 0 fully saturated rings. The molecule has 0 heterocycles. The number of carbonyl (C=O) groups is 2. The van der Waals surface area contributed by atoms with Crippen molar-refractivity contribution in [2.24, 2.45) is 0 Å². The van der Waals surface area contributed by atoms with E-state index in [1.807, 2.05) is 4.72 Å². The van der Waals surface area contributed by atoms with E-state index in [-0.39, 0.29) is 22.7 Å². The van der Waals surface area contributed by atoms with Gasteiger partial charge >= 0.3 is 5.97 Å². The molecule has 1 aromatic rings. The Morgan fingerprint density at radius 3 is 2.53 bits per heavy atom. The number of carboxylic acid groups (broad SMARTS) is 1. The molecule has 0 bridgehead atoms. The molecule has 1 rings (SSSR count). The monoisotopic (exact) mass is 285 g/mol. The molecule has 19 heavy (non-hydrogen) atoms. The standard InChI is InChI=1S/C12H15NO5S/c1-3-11(14)9-5-4-6-10(7-9)19(17,18)13-8(2)12(15)16/h4-8,13H,3H2,1-2H3,(H,15,16)/t8-/m1/s1. The molecule has 7 heteroatoms. The van der Waals surface area contributed by atoms with Crippen LogP contribution in [0.2, 0.25) is 0 Å². The predicted octanol–water partition coefficient (Wildman–Crippen LogP) is 1.03. The van der Waals surface area contributed by atoms with E-state index in [4.69, 9.17) is 5.11 Å². The normalized spacial score (nSPS) is 12.9. The first-order chi connectivity index (χ1) is 8.77. The third kappa shape index (κ3) is 3.87. The molecule has 0 saturated heterocycles. The molecule has 1 aromatic carbocycles. The van der Waals surface area contributed by atoms with Gasteiger partial charge < -0.3 is 5.11 Å². The average molecular weight is 285 g/mol.